The van der Waals surface area contributed by atoms with Gasteiger partial charge in [-0.25, -0.2) is 4.79 Å². The molecule has 0 aromatic heterocycles. The first kappa shape index (κ1) is 28.1. The monoisotopic (exact) mass is 528 g/mol. The van der Waals surface area contributed by atoms with Crippen molar-refractivity contribution < 1.29 is 45.3 Å². The predicted molar refractivity (Wildman–Crippen MR) is 124 cm³/mol. The molecule has 2 aliphatic rings. The third-order valence-electron chi connectivity index (χ3n) is 5.48. The minimum Gasteiger partial charge on any atom is -0.494 e. The van der Waals surface area contributed by atoms with Crippen molar-refractivity contribution in [2.45, 2.75) is 51.1 Å². The number of hydrogen-bond acceptors (Lipinski definition) is 4. The Balaban J connectivity index is 1.80. The standard InChI is InChI=1S/C27H26F6O4/c1-18-7-3-2-5-12-36-24-10-9-22(35-11-6-4-8-18)16-23(24)25(34)37-17-19-13-20(26(28,29)30)15-21(14-19)27(31,32)33/h3,7,9-10,13-16H,1-2,4-6,8,11-12,17H2/b7-3-. The van der Waals surface area contributed by atoms with Crippen LogP contribution in [-0.2, 0) is 23.7 Å². The lowest BCUT2D eigenvalue weighted by molar-refractivity contribution is -0.143. The molecule has 0 fully saturated rings. The summed E-state index contributed by atoms with van der Waals surface area (Å²) < 4.78 is 95.3. The van der Waals surface area contributed by atoms with Crippen LogP contribution in [0.3, 0.4) is 0 Å². The molecule has 0 spiro atoms. The van der Waals surface area contributed by atoms with Gasteiger partial charge in [0, 0.05) is 0 Å². The minimum atomic E-state index is -5.00. The second-order valence-corrected chi connectivity index (χ2v) is 8.51. The quantitative estimate of drug-likeness (QED) is 0.300. The molecule has 4 rings (SSSR count). The van der Waals surface area contributed by atoms with E-state index in [1.165, 1.54) is 12.1 Å². The van der Waals surface area contributed by atoms with Crippen molar-refractivity contribution in [1.82, 2.24) is 0 Å². The number of carbonyl (C=O) groups is 1. The van der Waals surface area contributed by atoms with Gasteiger partial charge in [-0.1, -0.05) is 24.3 Å². The second kappa shape index (κ2) is 12.2. The molecule has 0 radical (unpaired) electrons. The molecule has 2 aliphatic heterocycles. The van der Waals surface area contributed by atoms with Gasteiger partial charge in [0.25, 0.3) is 0 Å². The number of allylic oxidation sites excluding steroid dienone is 3. The lowest BCUT2D eigenvalue weighted by Crippen LogP contribution is -2.13. The molecule has 200 valence electrons. The number of ether oxygens (including phenoxy) is 3. The first-order chi connectivity index (χ1) is 17.4. The maximum Gasteiger partial charge on any atom is 0.416 e. The molecule has 0 aliphatic carbocycles. The predicted octanol–water partition coefficient (Wildman–Crippen LogP) is 7.92. The Labute approximate surface area is 210 Å². The molecule has 0 unspecified atom stereocenters. The van der Waals surface area contributed by atoms with Crippen LogP contribution in [0.4, 0.5) is 26.3 Å². The number of benzene rings is 2. The Kier molecular flexibility index (Phi) is 9.29. The van der Waals surface area contributed by atoms with E-state index in [9.17, 15) is 31.1 Å². The molecule has 0 atom stereocenters. The fourth-order valence-corrected chi connectivity index (χ4v) is 3.57. The van der Waals surface area contributed by atoms with Gasteiger partial charge in [-0.3, -0.25) is 0 Å². The number of rotatable bonds is 3. The van der Waals surface area contributed by atoms with E-state index >= 15 is 0 Å². The molecule has 10 heteroatoms. The molecule has 0 saturated carbocycles. The van der Waals surface area contributed by atoms with Crippen LogP contribution in [0, 0.1) is 0 Å². The fourth-order valence-electron chi connectivity index (χ4n) is 3.57. The summed E-state index contributed by atoms with van der Waals surface area (Å²) in [5.74, 6) is -0.454. The molecular formula is C27H26F6O4. The van der Waals surface area contributed by atoms with Crippen molar-refractivity contribution in [3.8, 4) is 11.5 Å². The normalized spacial score (nSPS) is 16.5. The van der Waals surface area contributed by atoms with E-state index in [1.807, 2.05) is 12.2 Å². The topological polar surface area (TPSA) is 44.8 Å². The summed E-state index contributed by atoms with van der Waals surface area (Å²) in [5, 5.41) is 0. The molecule has 0 N–H and O–H groups in total. The lowest BCUT2D eigenvalue weighted by atomic mass is 10.1. The van der Waals surface area contributed by atoms with Gasteiger partial charge in [-0.05, 0) is 74.1 Å². The van der Waals surface area contributed by atoms with Crippen LogP contribution in [-0.4, -0.2) is 19.2 Å². The molecule has 2 bridgehead atoms. The number of esters is 1. The van der Waals surface area contributed by atoms with Crippen LogP contribution in [0.2, 0.25) is 0 Å². The zero-order valence-corrected chi connectivity index (χ0v) is 19.9. The second-order valence-electron chi connectivity index (χ2n) is 8.51. The highest BCUT2D eigenvalue weighted by atomic mass is 19.4. The van der Waals surface area contributed by atoms with E-state index in [0.29, 0.717) is 30.9 Å². The first-order valence-corrected chi connectivity index (χ1v) is 11.6. The van der Waals surface area contributed by atoms with Crippen molar-refractivity contribution in [2.24, 2.45) is 0 Å². The van der Waals surface area contributed by atoms with Crippen molar-refractivity contribution in [3.63, 3.8) is 0 Å². The first-order valence-electron chi connectivity index (χ1n) is 11.6. The summed E-state index contributed by atoms with van der Waals surface area (Å²) >= 11 is 0. The third-order valence-corrected chi connectivity index (χ3v) is 5.48. The van der Waals surface area contributed by atoms with Gasteiger partial charge in [0.2, 0.25) is 0 Å². The van der Waals surface area contributed by atoms with Crippen molar-refractivity contribution in [2.75, 3.05) is 13.2 Å². The molecule has 0 saturated heterocycles. The van der Waals surface area contributed by atoms with E-state index in [4.69, 9.17) is 14.2 Å². The number of halogens is 6. The highest BCUT2D eigenvalue weighted by molar-refractivity contribution is 5.93. The lowest BCUT2D eigenvalue weighted by Gasteiger charge is -2.16. The highest BCUT2D eigenvalue weighted by Crippen LogP contribution is 2.36. The van der Waals surface area contributed by atoms with E-state index < -0.39 is 41.6 Å². The summed E-state index contributed by atoms with van der Waals surface area (Å²) in [6, 6.07) is 5.57. The summed E-state index contributed by atoms with van der Waals surface area (Å²) in [7, 11) is 0. The molecular weight excluding hydrogens is 502 g/mol. The Morgan fingerprint density at radius 3 is 2.24 bits per heavy atom. The summed E-state index contributed by atoms with van der Waals surface area (Å²) in [4.78, 5) is 12.8. The van der Waals surface area contributed by atoms with Crippen LogP contribution in [0.15, 0.2) is 60.7 Å². The van der Waals surface area contributed by atoms with Gasteiger partial charge in [0.15, 0.2) is 0 Å². The van der Waals surface area contributed by atoms with Crippen molar-refractivity contribution in [3.05, 3.63) is 83.0 Å². The number of alkyl halides is 6. The molecule has 2 heterocycles. The van der Waals surface area contributed by atoms with E-state index in [2.05, 4.69) is 6.58 Å². The molecule has 2 aromatic rings. The molecule has 2 aromatic carbocycles. The van der Waals surface area contributed by atoms with Crippen LogP contribution in [0.1, 0.15) is 59.2 Å². The van der Waals surface area contributed by atoms with E-state index in [-0.39, 0.29) is 24.0 Å². The minimum absolute atomic E-state index is 0.0160. The summed E-state index contributed by atoms with van der Waals surface area (Å²) in [6.45, 7) is 3.84. The molecule has 4 nitrogen and oxygen atoms in total. The largest absolute Gasteiger partial charge is 0.494 e. The maximum atomic E-state index is 13.1. The molecule has 37 heavy (non-hydrogen) atoms. The van der Waals surface area contributed by atoms with Crippen molar-refractivity contribution in [1.29, 1.82) is 0 Å². The third kappa shape index (κ3) is 8.58. The molecule has 0 amide bonds. The highest BCUT2D eigenvalue weighted by Gasteiger charge is 2.37. The zero-order chi connectivity index (χ0) is 27.1. The van der Waals surface area contributed by atoms with Crippen molar-refractivity contribution >= 4 is 5.97 Å². The van der Waals surface area contributed by atoms with Gasteiger partial charge in [-0.15, -0.1) is 0 Å². The Morgan fingerprint density at radius 1 is 0.892 bits per heavy atom. The van der Waals surface area contributed by atoms with Crippen LogP contribution in [0.25, 0.3) is 0 Å². The van der Waals surface area contributed by atoms with Gasteiger partial charge >= 0.3 is 18.3 Å². The maximum absolute atomic E-state index is 13.1. The Bertz CT molecular complexity index is 1100. The van der Waals surface area contributed by atoms with E-state index in [0.717, 1.165) is 31.3 Å². The fraction of sp³-hybridized carbons (Fsp3) is 0.370. The SMILES string of the molecule is C=C1/C=C\CCCOc2ccc(cc2C(=O)OCc2cc(C(F)(F)F)cc(C(F)(F)F)c2)OCCCC1. The number of fused-ring (bicyclic) bond motifs is 12. The number of hydrogen-bond donors (Lipinski definition) is 0. The van der Waals surface area contributed by atoms with Gasteiger partial charge in [-0.2, -0.15) is 26.3 Å². The van der Waals surface area contributed by atoms with Gasteiger partial charge in [0.1, 0.15) is 23.7 Å². The summed E-state index contributed by atoms with van der Waals surface area (Å²) in [6.07, 6.45) is -2.29. The van der Waals surface area contributed by atoms with Crippen LogP contribution >= 0.6 is 0 Å². The smallest absolute Gasteiger partial charge is 0.416 e. The van der Waals surface area contributed by atoms with Crippen LogP contribution in [0.5, 0.6) is 11.5 Å². The average Bonchev–Trinajstić information content (AvgIpc) is 2.83. The Morgan fingerprint density at radius 2 is 1.57 bits per heavy atom. The summed E-state index contributed by atoms with van der Waals surface area (Å²) in [5.41, 5.74) is -2.45. The Hall–Kier alpha value is -3.43. The number of carbonyl (C=O) groups excluding carboxylic acids is 1. The van der Waals surface area contributed by atoms with Gasteiger partial charge in [0.05, 0.1) is 24.3 Å². The zero-order valence-electron chi connectivity index (χ0n) is 19.9. The van der Waals surface area contributed by atoms with E-state index in [1.54, 1.807) is 6.07 Å². The van der Waals surface area contributed by atoms with Gasteiger partial charge < -0.3 is 14.2 Å². The van der Waals surface area contributed by atoms with Crippen LogP contribution < -0.4 is 9.47 Å². The average molecular weight is 528 g/mol.